The Morgan fingerprint density at radius 1 is 1.27 bits per heavy atom. The Labute approximate surface area is 155 Å². The lowest BCUT2D eigenvalue weighted by atomic mass is 9.94. The van der Waals surface area contributed by atoms with E-state index in [9.17, 15) is 14.7 Å². The Kier molecular flexibility index (Phi) is 7.17. The molecule has 1 saturated heterocycles. The molecule has 1 aliphatic rings. The van der Waals surface area contributed by atoms with E-state index in [-0.39, 0.29) is 24.0 Å². The van der Waals surface area contributed by atoms with Crippen LogP contribution >= 0.6 is 0 Å². The number of aliphatic hydroxyl groups excluding tert-OH is 1. The molecule has 0 spiro atoms. The van der Waals surface area contributed by atoms with Crippen LogP contribution in [0.25, 0.3) is 0 Å². The molecule has 0 bridgehead atoms. The van der Waals surface area contributed by atoms with E-state index in [1.54, 1.807) is 25.9 Å². The minimum Gasteiger partial charge on any atom is -0.386 e. The van der Waals surface area contributed by atoms with Gasteiger partial charge in [-0.3, -0.25) is 9.59 Å². The monoisotopic (exact) mass is 362 g/mol. The van der Waals surface area contributed by atoms with Crippen LogP contribution < -0.4 is 5.32 Å². The van der Waals surface area contributed by atoms with E-state index in [0.717, 1.165) is 18.4 Å². The summed E-state index contributed by atoms with van der Waals surface area (Å²) in [5.74, 6) is -0.611. The zero-order chi connectivity index (χ0) is 19.3. The molecule has 0 unspecified atom stereocenters. The number of ether oxygens (including phenoxy) is 1. The molecule has 1 fully saturated rings. The zero-order valence-electron chi connectivity index (χ0n) is 16.0. The predicted octanol–water partition coefficient (Wildman–Crippen LogP) is 1.89. The van der Waals surface area contributed by atoms with E-state index in [1.165, 1.54) is 0 Å². The first-order chi connectivity index (χ1) is 12.4. The number of hydrogen-bond donors (Lipinski definition) is 2. The van der Waals surface area contributed by atoms with Crippen molar-refractivity contribution >= 4 is 11.8 Å². The van der Waals surface area contributed by atoms with Crippen LogP contribution in [-0.4, -0.2) is 53.7 Å². The highest BCUT2D eigenvalue weighted by Crippen LogP contribution is 2.26. The van der Waals surface area contributed by atoms with Crippen molar-refractivity contribution in [1.82, 2.24) is 10.2 Å². The maximum atomic E-state index is 12.7. The van der Waals surface area contributed by atoms with Gasteiger partial charge in [-0.25, -0.2) is 0 Å². The summed E-state index contributed by atoms with van der Waals surface area (Å²) < 4.78 is 5.61. The topological polar surface area (TPSA) is 78.9 Å². The second kappa shape index (κ2) is 9.14. The van der Waals surface area contributed by atoms with E-state index < -0.39 is 18.1 Å². The van der Waals surface area contributed by atoms with Gasteiger partial charge in [0.15, 0.2) is 0 Å². The molecule has 0 aliphatic carbocycles. The highest BCUT2D eigenvalue weighted by molar-refractivity contribution is 5.80. The molecule has 5 atom stereocenters. The Hall–Kier alpha value is -1.92. The average molecular weight is 362 g/mol. The van der Waals surface area contributed by atoms with Gasteiger partial charge in [0, 0.05) is 20.6 Å². The van der Waals surface area contributed by atoms with E-state index in [0.29, 0.717) is 6.54 Å². The molecular weight excluding hydrogens is 332 g/mol. The first-order valence-corrected chi connectivity index (χ1v) is 9.20. The normalized spacial score (nSPS) is 21.7. The van der Waals surface area contributed by atoms with Crippen molar-refractivity contribution in [2.24, 2.45) is 5.92 Å². The van der Waals surface area contributed by atoms with Gasteiger partial charge in [-0.15, -0.1) is 0 Å². The summed E-state index contributed by atoms with van der Waals surface area (Å²) in [6.07, 6.45) is 0.593. The van der Waals surface area contributed by atoms with Crippen LogP contribution in [0.3, 0.4) is 0 Å². The second-order valence-corrected chi connectivity index (χ2v) is 7.06. The number of carbonyl (C=O) groups is 2. The lowest BCUT2D eigenvalue weighted by Crippen LogP contribution is -2.50. The van der Waals surface area contributed by atoms with Crippen molar-refractivity contribution in [3.05, 3.63) is 35.9 Å². The zero-order valence-corrected chi connectivity index (χ0v) is 16.0. The number of benzene rings is 1. The number of nitrogens with zero attached hydrogens (tertiary/aromatic N) is 1. The summed E-state index contributed by atoms with van der Waals surface area (Å²) >= 11 is 0. The summed E-state index contributed by atoms with van der Waals surface area (Å²) in [7, 11) is 1.58. The summed E-state index contributed by atoms with van der Waals surface area (Å²) in [5.41, 5.74) is 0.759. The summed E-state index contributed by atoms with van der Waals surface area (Å²) in [6.45, 7) is 5.84. The van der Waals surface area contributed by atoms with Gasteiger partial charge >= 0.3 is 0 Å². The molecule has 0 aromatic heterocycles. The predicted molar refractivity (Wildman–Crippen MR) is 99.4 cm³/mol. The summed E-state index contributed by atoms with van der Waals surface area (Å²) in [4.78, 5) is 26.3. The summed E-state index contributed by atoms with van der Waals surface area (Å²) in [6, 6.07) is 8.73. The quantitative estimate of drug-likeness (QED) is 0.776. The van der Waals surface area contributed by atoms with Crippen molar-refractivity contribution in [1.29, 1.82) is 0 Å². The van der Waals surface area contributed by atoms with Crippen molar-refractivity contribution in [2.45, 2.75) is 57.9 Å². The van der Waals surface area contributed by atoms with Gasteiger partial charge in [0.25, 0.3) is 0 Å². The summed E-state index contributed by atoms with van der Waals surface area (Å²) in [5, 5.41) is 13.3. The van der Waals surface area contributed by atoms with Gasteiger partial charge in [0.2, 0.25) is 11.8 Å². The highest BCUT2D eigenvalue weighted by atomic mass is 16.5. The lowest BCUT2D eigenvalue weighted by molar-refractivity contribution is -0.139. The minimum absolute atomic E-state index is 0.00928. The molecule has 6 nitrogen and oxygen atoms in total. The first-order valence-electron chi connectivity index (χ1n) is 9.20. The standard InChI is InChI=1S/C20H30N2O4/c1-13(19(26-4)17-11-8-12-22(17)15(3)23)20(25)21-14(2)18(24)16-9-6-5-7-10-16/h5-7,9-10,13-14,17-19,24H,8,11-12H2,1-4H3,(H,21,25)/t13-,14-,17+,18-,19-/m1/s1. The van der Waals surface area contributed by atoms with Crippen molar-refractivity contribution in [3.8, 4) is 0 Å². The molecule has 2 N–H and O–H groups in total. The minimum atomic E-state index is -0.784. The molecule has 144 valence electrons. The van der Waals surface area contributed by atoms with E-state index in [1.807, 2.05) is 37.3 Å². The van der Waals surface area contributed by atoms with Crippen LogP contribution in [-0.2, 0) is 14.3 Å². The van der Waals surface area contributed by atoms with Crippen LogP contribution in [0.1, 0.15) is 45.3 Å². The van der Waals surface area contributed by atoms with Crippen LogP contribution in [0.2, 0.25) is 0 Å². The van der Waals surface area contributed by atoms with Crippen molar-refractivity contribution < 1.29 is 19.4 Å². The van der Waals surface area contributed by atoms with Gasteiger partial charge in [0.1, 0.15) is 0 Å². The third-order valence-electron chi connectivity index (χ3n) is 5.25. The number of nitrogens with one attached hydrogen (secondary N) is 1. The first kappa shape index (κ1) is 20.4. The third kappa shape index (κ3) is 4.62. The van der Waals surface area contributed by atoms with Crippen molar-refractivity contribution in [2.75, 3.05) is 13.7 Å². The molecule has 0 saturated carbocycles. The number of rotatable bonds is 7. The molecule has 6 heteroatoms. The fourth-order valence-corrected chi connectivity index (χ4v) is 3.74. The van der Waals surface area contributed by atoms with E-state index >= 15 is 0 Å². The fraction of sp³-hybridized carbons (Fsp3) is 0.600. The number of amides is 2. The molecule has 2 amide bonds. The van der Waals surface area contributed by atoms with E-state index in [4.69, 9.17) is 4.74 Å². The Morgan fingerprint density at radius 3 is 2.50 bits per heavy atom. The second-order valence-electron chi connectivity index (χ2n) is 7.06. The smallest absolute Gasteiger partial charge is 0.225 e. The van der Waals surface area contributed by atoms with Crippen LogP contribution in [0.4, 0.5) is 0 Å². The Bertz CT molecular complexity index is 607. The fourth-order valence-electron chi connectivity index (χ4n) is 3.74. The average Bonchev–Trinajstić information content (AvgIpc) is 3.12. The van der Waals surface area contributed by atoms with Crippen LogP contribution in [0.15, 0.2) is 30.3 Å². The molecule has 1 aliphatic heterocycles. The van der Waals surface area contributed by atoms with Crippen LogP contribution in [0.5, 0.6) is 0 Å². The maximum Gasteiger partial charge on any atom is 0.225 e. The van der Waals surface area contributed by atoms with Gasteiger partial charge in [-0.05, 0) is 25.3 Å². The van der Waals surface area contributed by atoms with Crippen molar-refractivity contribution in [3.63, 3.8) is 0 Å². The molecule has 1 aromatic carbocycles. The Balaban J connectivity index is 2.01. The SMILES string of the molecule is CO[C@H]([C@@H](C)C(=O)N[C@H](C)[C@@H](O)c1ccccc1)[C@@H]1CCCN1C(C)=O. The number of likely N-dealkylation sites (tertiary alicyclic amines) is 1. The third-order valence-corrected chi connectivity index (χ3v) is 5.25. The van der Waals surface area contributed by atoms with Gasteiger partial charge in [0.05, 0.1) is 30.2 Å². The molecule has 0 radical (unpaired) electrons. The maximum absolute atomic E-state index is 12.7. The van der Waals surface area contributed by atoms with Gasteiger partial charge in [-0.1, -0.05) is 37.3 Å². The molecule has 1 aromatic rings. The molecular formula is C20H30N2O4. The largest absolute Gasteiger partial charge is 0.386 e. The van der Waals surface area contributed by atoms with E-state index in [2.05, 4.69) is 5.32 Å². The Morgan fingerprint density at radius 2 is 1.92 bits per heavy atom. The van der Waals surface area contributed by atoms with Gasteiger partial charge in [-0.2, -0.15) is 0 Å². The molecule has 26 heavy (non-hydrogen) atoms. The number of methoxy groups -OCH3 is 1. The lowest BCUT2D eigenvalue weighted by Gasteiger charge is -2.34. The molecule has 2 rings (SSSR count). The number of hydrogen-bond acceptors (Lipinski definition) is 4. The molecule has 1 heterocycles. The van der Waals surface area contributed by atoms with Gasteiger partial charge < -0.3 is 20.1 Å². The number of carbonyl (C=O) groups excluding carboxylic acids is 2. The van der Waals surface area contributed by atoms with Crippen LogP contribution in [0, 0.1) is 5.92 Å². The highest BCUT2D eigenvalue weighted by Gasteiger charge is 2.39. The number of aliphatic hydroxyl groups is 1.